The van der Waals surface area contributed by atoms with Crippen LogP contribution in [0.15, 0.2) is 34.9 Å². The number of benzene rings is 1. The molecule has 3 aromatic rings. The van der Waals surface area contributed by atoms with E-state index in [1.165, 1.54) is 7.11 Å². The molecular weight excluding hydrogens is 364 g/mol. The second-order valence-corrected chi connectivity index (χ2v) is 6.22. The van der Waals surface area contributed by atoms with E-state index in [9.17, 15) is 14.4 Å². The summed E-state index contributed by atoms with van der Waals surface area (Å²) in [4.78, 5) is 39.8. The quantitative estimate of drug-likeness (QED) is 0.628. The molecule has 2 aromatic heterocycles. The smallest absolute Gasteiger partial charge is 0.307 e. The number of rotatable bonds is 6. The van der Waals surface area contributed by atoms with Crippen molar-refractivity contribution in [2.24, 2.45) is 7.05 Å². The van der Waals surface area contributed by atoms with Crippen LogP contribution in [-0.4, -0.2) is 41.0 Å². The number of ether oxygens (including phenoxy) is 1. The van der Waals surface area contributed by atoms with Crippen molar-refractivity contribution in [2.45, 2.75) is 13.3 Å². The molecule has 0 unspecified atom stereocenters. The molecule has 1 aromatic carbocycles. The third-order valence-electron chi connectivity index (χ3n) is 4.04. The zero-order valence-electron chi connectivity index (χ0n) is 15.7. The lowest BCUT2D eigenvalue weighted by Crippen LogP contribution is -2.25. The highest BCUT2D eigenvalue weighted by atomic mass is 16.5. The first kappa shape index (κ1) is 19.2. The Morgan fingerprint density at radius 3 is 2.68 bits per heavy atom. The predicted octanol–water partition coefficient (Wildman–Crippen LogP) is 2.02. The molecule has 0 saturated carbocycles. The van der Waals surface area contributed by atoms with Gasteiger partial charge in [0.05, 0.1) is 19.2 Å². The minimum absolute atomic E-state index is 0.0747. The highest BCUT2D eigenvalue weighted by Crippen LogP contribution is 2.23. The van der Waals surface area contributed by atoms with Crippen molar-refractivity contribution in [1.82, 2.24) is 14.9 Å². The summed E-state index contributed by atoms with van der Waals surface area (Å²) in [6, 6.07) is 6.62. The number of aromatic nitrogens is 2. The maximum atomic E-state index is 12.4. The number of amides is 2. The molecule has 0 aliphatic rings. The van der Waals surface area contributed by atoms with Crippen LogP contribution in [0.25, 0.3) is 11.0 Å². The number of anilines is 1. The summed E-state index contributed by atoms with van der Waals surface area (Å²) in [5, 5.41) is 6.03. The Labute approximate surface area is 160 Å². The number of carbonyl (C=O) groups excluding carboxylic acids is 3. The molecule has 9 heteroatoms. The van der Waals surface area contributed by atoms with Gasteiger partial charge in [0.25, 0.3) is 11.8 Å². The molecule has 0 atom stereocenters. The van der Waals surface area contributed by atoms with E-state index in [-0.39, 0.29) is 24.6 Å². The first-order valence-corrected chi connectivity index (χ1v) is 8.57. The van der Waals surface area contributed by atoms with E-state index >= 15 is 0 Å². The van der Waals surface area contributed by atoms with Crippen molar-refractivity contribution in [2.75, 3.05) is 19.0 Å². The van der Waals surface area contributed by atoms with E-state index < -0.39 is 11.9 Å². The number of nitrogens with zero attached hydrogens (tertiary/aromatic N) is 2. The van der Waals surface area contributed by atoms with E-state index in [1.807, 2.05) is 6.92 Å². The second-order valence-electron chi connectivity index (χ2n) is 6.22. The Morgan fingerprint density at radius 2 is 2.00 bits per heavy atom. The first-order chi connectivity index (χ1) is 13.4. The van der Waals surface area contributed by atoms with E-state index in [1.54, 1.807) is 42.1 Å². The number of esters is 1. The van der Waals surface area contributed by atoms with Crippen LogP contribution < -0.4 is 10.6 Å². The van der Waals surface area contributed by atoms with Crippen LogP contribution in [0.5, 0.6) is 0 Å². The Bertz CT molecular complexity index is 1050. The van der Waals surface area contributed by atoms with Gasteiger partial charge in [-0.15, -0.1) is 0 Å². The number of fused-ring (bicyclic) bond motifs is 1. The molecule has 3 rings (SSSR count). The Balaban J connectivity index is 1.70. The fraction of sp³-hybridized carbons (Fsp3) is 0.263. The van der Waals surface area contributed by atoms with Crippen LogP contribution in [0.2, 0.25) is 0 Å². The van der Waals surface area contributed by atoms with Crippen molar-refractivity contribution in [3.8, 4) is 0 Å². The van der Waals surface area contributed by atoms with Gasteiger partial charge in [0.2, 0.25) is 0 Å². The van der Waals surface area contributed by atoms with Gasteiger partial charge < -0.3 is 24.4 Å². The number of hydrogen-bond acceptors (Lipinski definition) is 6. The number of hydrogen-bond donors (Lipinski definition) is 2. The van der Waals surface area contributed by atoms with Gasteiger partial charge in [-0.1, -0.05) is 0 Å². The van der Waals surface area contributed by atoms with Crippen molar-refractivity contribution in [1.29, 1.82) is 0 Å². The molecule has 2 heterocycles. The monoisotopic (exact) mass is 384 g/mol. The van der Waals surface area contributed by atoms with Crippen LogP contribution in [0, 0.1) is 6.92 Å². The Kier molecular flexibility index (Phi) is 5.44. The number of carbonyl (C=O) groups is 3. The fourth-order valence-electron chi connectivity index (χ4n) is 2.71. The van der Waals surface area contributed by atoms with Gasteiger partial charge in [-0.05, 0) is 31.2 Å². The van der Waals surface area contributed by atoms with Crippen molar-refractivity contribution >= 4 is 34.4 Å². The molecular formula is C19H20N4O5. The summed E-state index contributed by atoms with van der Waals surface area (Å²) >= 11 is 0. The van der Waals surface area contributed by atoms with E-state index in [2.05, 4.69) is 20.4 Å². The maximum absolute atomic E-state index is 12.4. The number of aryl methyl sites for hydroxylation is 2. The van der Waals surface area contributed by atoms with Gasteiger partial charge in [0.1, 0.15) is 5.58 Å². The molecule has 0 aliphatic heterocycles. The van der Waals surface area contributed by atoms with Crippen LogP contribution >= 0.6 is 0 Å². The average Bonchev–Trinajstić information content (AvgIpc) is 3.23. The van der Waals surface area contributed by atoms with E-state index in [0.717, 1.165) is 5.69 Å². The molecule has 0 bridgehead atoms. The number of methoxy groups -OCH3 is 1. The minimum Gasteiger partial charge on any atom is -0.469 e. The molecule has 0 radical (unpaired) electrons. The summed E-state index contributed by atoms with van der Waals surface area (Å²) < 4.78 is 11.7. The summed E-state index contributed by atoms with van der Waals surface area (Å²) in [6.45, 7) is 1.96. The van der Waals surface area contributed by atoms with Crippen LogP contribution in [-0.2, 0) is 16.6 Å². The fourth-order valence-corrected chi connectivity index (χ4v) is 2.71. The van der Waals surface area contributed by atoms with Gasteiger partial charge in [-0.2, -0.15) is 0 Å². The topological polar surface area (TPSA) is 115 Å². The first-order valence-electron chi connectivity index (χ1n) is 8.57. The van der Waals surface area contributed by atoms with Gasteiger partial charge in [-0.25, -0.2) is 4.98 Å². The normalized spacial score (nSPS) is 10.7. The Morgan fingerprint density at radius 1 is 1.21 bits per heavy atom. The summed E-state index contributed by atoms with van der Waals surface area (Å²) in [5.74, 6) is -0.764. The Hall–Kier alpha value is -3.62. The predicted molar refractivity (Wildman–Crippen MR) is 101 cm³/mol. The van der Waals surface area contributed by atoms with E-state index in [4.69, 9.17) is 4.42 Å². The third kappa shape index (κ3) is 4.20. The van der Waals surface area contributed by atoms with Crippen molar-refractivity contribution in [3.05, 3.63) is 47.7 Å². The molecule has 0 fully saturated rings. The zero-order valence-corrected chi connectivity index (χ0v) is 15.7. The van der Waals surface area contributed by atoms with Gasteiger partial charge in [-0.3, -0.25) is 14.4 Å². The number of nitrogens with one attached hydrogen (secondary N) is 2. The molecule has 0 aliphatic carbocycles. The van der Waals surface area contributed by atoms with E-state index in [0.29, 0.717) is 22.5 Å². The standard InChI is InChI=1S/C19H20N4O5/c1-11-10-23(2)17(21-11)19(26)22-13-4-5-14-12(8-13)9-15(28-14)18(25)20-7-6-16(24)27-3/h4-5,8-10H,6-7H2,1-3H3,(H,20,25)(H,22,26). The molecule has 146 valence electrons. The summed E-state index contributed by atoms with van der Waals surface area (Å²) in [7, 11) is 3.04. The summed E-state index contributed by atoms with van der Waals surface area (Å²) in [6.07, 6.45) is 1.84. The molecule has 9 nitrogen and oxygen atoms in total. The lowest BCUT2D eigenvalue weighted by atomic mass is 10.2. The zero-order chi connectivity index (χ0) is 20.3. The third-order valence-corrected chi connectivity index (χ3v) is 4.04. The summed E-state index contributed by atoms with van der Waals surface area (Å²) in [5.41, 5.74) is 1.81. The van der Waals surface area contributed by atoms with Gasteiger partial charge in [0, 0.05) is 30.9 Å². The maximum Gasteiger partial charge on any atom is 0.307 e. The van der Waals surface area contributed by atoms with Crippen LogP contribution in [0.1, 0.15) is 33.3 Å². The van der Waals surface area contributed by atoms with Crippen LogP contribution in [0.3, 0.4) is 0 Å². The SMILES string of the molecule is COC(=O)CCNC(=O)c1cc2cc(NC(=O)c3nc(C)cn3C)ccc2o1. The lowest BCUT2D eigenvalue weighted by Gasteiger charge is -2.04. The second kappa shape index (κ2) is 7.95. The number of furan rings is 1. The lowest BCUT2D eigenvalue weighted by molar-refractivity contribution is -0.140. The molecule has 0 saturated heterocycles. The minimum atomic E-state index is -0.436. The molecule has 0 spiro atoms. The highest BCUT2D eigenvalue weighted by Gasteiger charge is 2.15. The largest absolute Gasteiger partial charge is 0.469 e. The van der Waals surface area contributed by atoms with Gasteiger partial charge >= 0.3 is 5.97 Å². The van der Waals surface area contributed by atoms with Crippen molar-refractivity contribution in [3.63, 3.8) is 0 Å². The molecule has 28 heavy (non-hydrogen) atoms. The molecule has 2 amide bonds. The average molecular weight is 384 g/mol. The number of imidazole rings is 1. The van der Waals surface area contributed by atoms with Gasteiger partial charge in [0.15, 0.2) is 11.6 Å². The molecule has 2 N–H and O–H groups in total. The van der Waals surface area contributed by atoms with Crippen LogP contribution in [0.4, 0.5) is 5.69 Å². The highest BCUT2D eigenvalue weighted by molar-refractivity contribution is 6.03. The van der Waals surface area contributed by atoms with Crippen molar-refractivity contribution < 1.29 is 23.5 Å².